The highest BCUT2D eigenvalue weighted by Gasteiger charge is 2.02. The van der Waals surface area contributed by atoms with E-state index in [2.05, 4.69) is 13.9 Å². The molecule has 0 aliphatic rings. The van der Waals surface area contributed by atoms with Crippen LogP contribution in [0.15, 0.2) is 21.5 Å². The number of rotatable bonds is 6. The molecule has 0 radical (unpaired) electrons. The second kappa shape index (κ2) is 5.78. The van der Waals surface area contributed by atoms with Crippen molar-refractivity contribution in [3.05, 3.63) is 28.5 Å². The lowest BCUT2D eigenvalue weighted by Crippen LogP contribution is -2.14. The van der Waals surface area contributed by atoms with Gasteiger partial charge in [0.2, 0.25) is 0 Å². The molecular formula is C9H14N2O5S. The van der Waals surface area contributed by atoms with Crippen molar-refractivity contribution in [1.29, 1.82) is 0 Å². The van der Waals surface area contributed by atoms with Gasteiger partial charge in [0.05, 0.1) is 12.9 Å². The molecule has 8 heteroatoms. The molecule has 17 heavy (non-hydrogen) atoms. The standard InChI is InChI=1S/C9H14N2O5S/c1-8-10-16-9(12)11(8)6-4-3-5-7-15-17(2,13)14/h3-4H,5-7H2,1-2H3/b4-3+. The molecule has 0 aliphatic heterocycles. The molecule has 0 atom stereocenters. The summed E-state index contributed by atoms with van der Waals surface area (Å²) in [5.74, 6) is -0.0217. The van der Waals surface area contributed by atoms with Crippen molar-refractivity contribution < 1.29 is 17.1 Å². The maximum atomic E-state index is 11.1. The van der Waals surface area contributed by atoms with Gasteiger partial charge < -0.3 is 0 Å². The Morgan fingerprint density at radius 1 is 1.47 bits per heavy atom. The molecule has 0 saturated heterocycles. The number of nitrogens with zero attached hydrogens (tertiary/aromatic N) is 2. The van der Waals surface area contributed by atoms with E-state index in [4.69, 9.17) is 0 Å². The van der Waals surface area contributed by atoms with Crippen molar-refractivity contribution in [3.63, 3.8) is 0 Å². The summed E-state index contributed by atoms with van der Waals surface area (Å²) >= 11 is 0. The number of hydrogen-bond donors (Lipinski definition) is 0. The second-order valence-electron chi connectivity index (χ2n) is 3.39. The third kappa shape index (κ3) is 4.96. The Morgan fingerprint density at radius 2 is 2.18 bits per heavy atom. The Labute approximate surface area is 98.8 Å². The molecule has 96 valence electrons. The van der Waals surface area contributed by atoms with E-state index >= 15 is 0 Å². The molecule has 1 heterocycles. The lowest BCUT2D eigenvalue weighted by Gasteiger charge is -1.97. The number of allylic oxidation sites excluding steroid dienone is 1. The summed E-state index contributed by atoms with van der Waals surface area (Å²) in [5.41, 5.74) is 0. The van der Waals surface area contributed by atoms with Crippen LogP contribution in [0.1, 0.15) is 12.2 Å². The first-order valence-electron chi connectivity index (χ1n) is 4.92. The highest BCUT2D eigenvalue weighted by molar-refractivity contribution is 7.85. The van der Waals surface area contributed by atoms with Gasteiger partial charge >= 0.3 is 5.76 Å². The third-order valence-electron chi connectivity index (χ3n) is 1.90. The summed E-state index contributed by atoms with van der Waals surface area (Å²) in [6.45, 7) is 2.09. The first kappa shape index (κ1) is 13.7. The first-order valence-corrected chi connectivity index (χ1v) is 6.74. The summed E-state index contributed by atoms with van der Waals surface area (Å²) < 4.78 is 31.6. The average molecular weight is 262 g/mol. The Morgan fingerprint density at radius 3 is 2.71 bits per heavy atom. The maximum absolute atomic E-state index is 11.1. The molecule has 0 bridgehead atoms. The van der Waals surface area contributed by atoms with E-state index in [1.54, 1.807) is 19.1 Å². The van der Waals surface area contributed by atoms with Crippen LogP contribution < -0.4 is 5.76 Å². The normalized spacial score (nSPS) is 12.4. The lowest BCUT2D eigenvalue weighted by atomic mass is 10.4. The van der Waals surface area contributed by atoms with Gasteiger partial charge in [-0.05, 0) is 13.3 Å². The molecule has 0 fully saturated rings. The molecule has 0 N–H and O–H groups in total. The Kier molecular flexibility index (Phi) is 4.64. The summed E-state index contributed by atoms with van der Waals surface area (Å²) in [6.07, 6.45) is 4.89. The van der Waals surface area contributed by atoms with E-state index in [0.717, 1.165) is 6.26 Å². The Balaban J connectivity index is 2.35. The van der Waals surface area contributed by atoms with Crippen LogP contribution >= 0.6 is 0 Å². The highest BCUT2D eigenvalue weighted by Crippen LogP contribution is 1.93. The summed E-state index contributed by atoms with van der Waals surface area (Å²) in [6, 6.07) is 0. The van der Waals surface area contributed by atoms with Gasteiger partial charge in [-0.15, -0.1) is 0 Å². The smallest absolute Gasteiger partial charge is 0.296 e. The minimum absolute atomic E-state index is 0.0901. The number of aromatic nitrogens is 2. The molecule has 0 saturated carbocycles. The van der Waals surface area contributed by atoms with Crippen LogP contribution in [0, 0.1) is 6.92 Å². The summed E-state index contributed by atoms with van der Waals surface area (Å²) in [5, 5.41) is 3.50. The van der Waals surface area contributed by atoms with E-state index in [1.165, 1.54) is 4.57 Å². The quantitative estimate of drug-likeness (QED) is 0.409. The fraction of sp³-hybridized carbons (Fsp3) is 0.556. The zero-order valence-electron chi connectivity index (χ0n) is 9.62. The van der Waals surface area contributed by atoms with Crippen molar-refractivity contribution in [1.82, 2.24) is 9.72 Å². The molecule has 0 amide bonds. The van der Waals surface area contributed by atoms with E-state index in [0.29, 0.717) is 18.8 Å². The SMILES string of the molecule is Cc1noc(=O)n1C/C=C/CCOS(C)(=O)=O. The fourth-order valence-corrected chi connectivity index (χ4v) is 1.51. The van der Waals surface area contributed by atoms with Gasteiger partial charge in [-0.3, -0.25) is 13.3 Å². The van der Waals surface area contributed by atoms with Crippen molar-refractivity contribution in [2.24, 2.45) is 0 Å². The minimum atomic E-state index is -3.38. The van der Waals surface area contributed by atoms with Crippen LogP contribution in [0.2, 0.25) is 0 Å². The topological polar surface area (TPSA) is 91.4 Å². The average Bonchev–Trinajstić information content (AvgIpc) is 2.52. The molecule has 1 aromatic rings. The van der Waals surface area contributed by atoms with Gasteiger partial charge in [0, 0.05) is 6.54 Å². The third-order valence-corrected chi connectivity index (χ3v) is 2.50. The largest absolute Gasteiger partial charge is 0.441 e. The van der Waals surface area contributed by atoms with Gasteiger partial charge in [-0.25, -0.2) is 4.79 Å². The molecule has 0 spiro atoms. The maximum Gasteiger partial charge on any atom is 0.441 e. The van der Waals surface area contributed by atoms with Crippen LogP contribution in [0.4, 0.5) is 0 Å². The van der Waals surface area contributed by atoms with Crippen LogP contribution in [0.25, 0.3) is 0 Å². The van der Waals surface area contributed by atoms with Crippen LogP contribution in [-0.2, 0) is 20.8 Å². The molecule has 0 aliphatic carbocycles. The van der Waals surface area contributed by atoms with Gasteiger partial charge in [-0.1, -0.05) is 17.3 Å². The molecule has 7 nitrogen and oxygen atoms in total. The zero-order valence-corrected chi connectivity index (χ0v) is 10.4. The van der Waals surface area contributed by atoms with Crippen molar-refractivity contribution >= 4 is 10.1 Å². The molecular weight excluding hydrogens is 248 g/mol. The van der Waals surface area contributed by atoms with Gasteiger partial charge in [0.15, 0.2) is 5.82 Å². The van der Waals surface area contributed by atoms with Crippen LogP contribution in [-0.4, -0.2) is 31.0 Å². The fourth-order valence-electron chi connectivity index (χ4n) is 1.11. The zero-order chi connectivity index (χ0) is 12.9. The van der Waals surface area contributed by atoms with Crippen molar-refractivity contribution in [3.8, 4) is 0 Å². The first-order chi connectivity index (χ1) is 7.90. The van der Waals surface area contributed by atoms with E-state index in [9.17, 15) is 13.2 Å². The monoisotopic (exact) mass is 262 g/mol. The second-order valence-corrected chi connectivity index (χ2v) is 5.04. The summed E-state index contributed by atoms with van der Waals surface area (Å²) in [7, 11) is -3.38. The van der Waals surface area contributed by atoms with Crippen LogP contribution in [0.3, 0.4) is 0 Å². The van der Waals surface area contributed by atoms with Crippen molar-refractivity contribution in [2.45, 2.75) is 19.9 Å². The Bertz CT molecular complexity index is 540. The van der Waals surface area contributed by atoms with Gasteiger partial charge in [-0.2, -0.15) is 8.42 Å². The molecule has 0 aromatic carbocycles. The van der Waals surface area contributed by atoms with Gasteiger partial charge in [0.1, 0.15) is 0 Å². The number of hydrogen-bond acceptors (Lipinski definition) is 6. The van der Waals surface area contributed by atoms with E-state index in [-0.39, 0.29) is 6.61 Å². The van der Waals surface area contributed by atoms with E-state index in [1.807, 2.05) is 0 Å². The Hall–Kier alpha value is -1.41. The van der Waals surface area contributed by atoms with Crippen LogP contribution in [0.5, 0.6) is 0 Å². The lowest BCUT2D eigenvalue weighted by molar-refractivity contribution is 0.328. The molecule has 1 rings (SSSR count). The van der Waals surface area contributed by atoms with E-state index < -0.39 is 15.9 Å². The highest BCUT2D eigenvalue weighted by atomic mass is 32.2. The summed E-state index contributed by atoms with van der Waals surface area (Å²) in [4.78, 5) is 11.1. The van der Waals surface area contributed by atoms with Gasteiger partial charge in [0.25, 0.3) is 10.1 Å². The molecule has 0 unspecified atom stereocenters. The molecule has 1 aromatic heterocycles. The number of aryl methyl sites for hydroxylation is 1. The van der Waals surface area contributed by atoms with Crippen molar-refractivity contribution in [2.75, 3.05) is 12.9 Å². The minimum Gasteiger partial charge on any atom is -0.296 e. The predicted molar refractivity (Wildman–Crippen MR) is 60.1 cm³/mol. The predicted octanol–water partition coefficient (Wildman–Crippen LogP) is 0.0672.